The van der Waals surface area contributed by atoms with E-state index in [0.717, 1.165) is 25.1 Å². The van der Waals surface area contributed by atoms with Crippen LogP contribution in [-0.2, 0) is 4.74 Å². The Morgan fingerprint density at radius 1 is 1.47 bits per heavy atom. The van der Waals surface area contributed by atoms with Gasteiger partial charge >= 0.3 is 0 Å². The first kappa shape index (κ1) is 14.3. The maximum atomic E-state index is 14.2. The minimum absolute atomic E-state index is 0.142. The fraction of sp³-hybridized carbons (Fsp3) is 0.600. The standard InChI is InChI=1S/C15H23FN2O/c1-10-6-7-18(9-15(10)19-3)14-5-4-12(11(2)17)8-13(14)16/h4-5,8,10-11,15H,6-7,9,17H2,1-3H3/t10?,11-,15?/m1/s1. The van der Waals surface area contributed by atoms with E-state index in [9.17, 15) is 4.39 Å². The molecule has 1 aromatic rings. The van der Waals surface area contributed by atoms with Gasteiger partial charge in [0, 0.05) is 26.2 Å². The van der Waals surface area contributed by atoms with Gasteiger partial charge in [0.2, 0.25) is 0 Å². The summed E-state index contributed by atoms with van der Waals surface area (Å²) in [6.45, 7) is 5.65. The highest BCUT2D eigenvalue weighted by Gasteiger charge is 2.27. The van der Waals surface area contributed by atoms with Crippen LogP contribution in [0, 0.1) is 11.7 Å². The van der Waals surface area contributed by atoms with E-state index in [1.807, 2.05) is 19.1 Å². The molecule has 0 amide bonds. The number of hydrogen-bond acceptors (Lipinski definition) is 3. The molecule has 1 fully saturated rings. The van der Waals surface area contributed by atoms with Crippen molar-refractivity contribution in [2.75, 3.05) is 25.1 Å². The molecule has 2 N–H and O–H groups in total. The molecule has 1 saturated heterocycles. The average molecular weight is 266 g/mol. The Hall–Kier alpha value is -1.13. The number of hydrogen-bond donors (Lipinski definition) is 1. The zero-order chi connectivity index (χ0) is 14.0. The number of ether oxygens (including phenoxy) is 1. The molecule has 2 unspecified atom stereocenters. The fourth-order valence-corrected chi connectivity index (χ4v) is 2.62. The third-order valence-electron chi connectivity index (χ3n) is 4.03. The Morgan fingerprint density at radius 2 is 2.21 bits per heavy atom. The topological polar surface area (TPSA) is 38.5 Å². The Morgan fingerprint density at radius 3 is 2.79 bits per heavy atom. The number of benzene rings is 1. The molecule has 0 spiro atoms. The zero-order valence-electron chi connectivity index (χ0n) is 11.9. The van der Waals surface area contributed by atoms with E-state index in [1.54, 1.807) is 13.2 Å². The fourth-order valence-electron chi connectivity index (χ4n) is 2.62. The van der Waals surface area contributed by atoms with Crippen LogP contribution in [0.2, 0.25) is 0 Å². The van der Waals surface area contributed by atoms with Gasteiger partial charge in [-0.25, -0.2) is 4.39 Å². The lowest BCUT2D eigenvalue weighted by Crippen LogP contribution is -2.44. The van der Waals surface area contributed by atoms with Gasteiger partial charge in [0.05, 0.1) is 11.8 Å². The average Bonchev–Trinajstić information content (AvgIpc) is 2.39. The van der Waals surface area contributed by atoms with E-state index in [0.29, 0.717) is 11.6 Å². The van der Waals surface area contributed by atoms with Crippen LogP contribution < -0.4 is 10.6 Å². The van der Waals surface area contributed by atoms with Gasteiger partial charge in [-0.3, -0.25) is 0 Å². The first-order valence-corrected chi connectivity index (χ1v) is 6.85. The summed E-state index contributed by atoms with van der Waals surface area (Å²) in [6, 6.07) is 5.14. The smallest absolute Gasteiger partial charge is 0.146 e. The lowest BCUT2D eigenvalue weighted by molar-refractivity contribution is 0.0497. The third-order valence-corrected chi connectivity index (χ3v) is 4.03. The highest BCUT2D eigenvalue weighted by atomic mass is 19.1. The first-order chi connectivity index (χ1) is 9.02. The predicted molar refractivity (Wildman–Crippen MR) is 75.8 cm³/mol. The van der Waals surface area contributed by atoms with Crippen molar-refractivity contribution in [3.8, 4) is 0 Å². The molecule has 0 aliphatic carbocycles. The summed E-state index contributed by atoms with van der Waals surface area (Å²) in [5, 5.41) is 0. The monoisotopic (exact) mass is 266 g/mol. The molecule has 1 aliphatic rings. The lowest BCUT2D eigenvalue weighted by atomic mass is 9.95. The van der Waals surface area contributed by atoms with E-state index in [-0.39, 0.29) is 18.0 Å². The summed E-state index contributed by atoms with van der Waals surface area (Å²) in [6.07, 6.45) is 1.19. The molecule has 0 radical (unpaired) electrons. The number of methoxy groups -OCH3 is 1. The molecule has 0 aromatic heterocycles. The zero-order valence-corrected chi connectivity index (χ0v) is 11.9. The molecule has 0 bridgehead atoms. The second-order valence-corrected chi connectivity index (χ2v) is 5.49. The molecular weight excluding hydrogens is 243 g/mol. The largest absolute Gasteiger partial charge is 0.379 e. The molecule has 2 rings (SSSR count). The highest BCUT2D eigenvalue weighted by Crippen LogP contribution is 2.28. The highest BCUT2D eigenvalue weighted by molar-refractivity contribution is 5.50. The van der Waals surface area contributed by atoms with E-state index in [4.69, 9.17) is 10.5 Å². The molecule has 3 atom stereocenters. The minimum Gasteiger partial charge on any atom is -0.379 e. The van der Waals surface area contributed by atoms with Crippen LogP contribution in [-0.4, -0.2) is 26.3 Å². The summed E-state index contributed by atoms with van der Waals surface area (Å²) >= 11 is 0. The van der Waals surface area contributed by atoms with Crippen molar-refractivity contribution in [3.63, 3.8) is 0 Å². The van der Waals surface area contributed by atoms with Gasteiger partial charge in [0.25, 0.3) is 0 Å². The van der Waals surface area contributed by atoms with Gasteiger partial charge in [-0.05, 0) is 37.0 Å². The van der Waals surface area contributed by atoms with Gasteiger partial charge in [-0.15, -0.1) is 0 Å². The number of nitrogens with zero attached hydrogens (tertiary/aromatic N) is 1. The van der Waals surface area contributed by atoms with Crippen LogP contribution in [0.3, 0.4) is 0 Å². The van der Waals surface area contributed by atoms with E-state index < -0.39 is 0 Å². The van der Waals surface area contributed by atoms with Gasteiger partial charge < -0.3 is 15.4 Å². The molecule has 0 saturated carbocycles. The third kappa shape index (κ3) is 3.07. The normalized spacial score (nSPS) is 25.4. The Balaban J connectivity index is 2.18. The van der Waals surface area contributed by atoms with Gasteiger partial charge in [0.15, 0.2) is 0 Å². The molecule has 1 aromatic carbocycles. The van der Waals surface area contributed by atoms with Crippen molar-refractivity contribution in [1.29, 1.82) is 0 Å². The minimum atomic E-state index is -0.195. The summed E-state index contributed by atoms with van der Waals surface area (Å²) in [4.78, 5) is 2.06. The number of nitrogens with two attached hydrogens (primary N) is 1. The van der Waals surface area contributed by atoms with Gasteiger partial charge in [-0.1, -0.05) is 13.0 Å². The number of rotatable bonds is 3. The van der Waals surface area contributed by atoms with Crippen LogP contribution >= 0.6 is 0 Å². The SMILES string of the molecule is COC1CN(c2ccc([C@@H](C)N)cc2F)CCC1C. The van der Waals surface area contributed by atoms with Crippen LogP contribution in [0.4, 0.5) is 10.1 Å². The molecule has 4 heteroatoms. The predicted octanol–water partition coefficient (Wildman–Crippen LogP) is 2.71. The summed E-state index contributed by atoms with van der Waals surface area (Å²) < 4.78 is 19.7. The van der Waals surface area contributed by atoms with Crippen LogP contribution in [0.15, 0.2) is 18.2 Å². The molecule has 106 valence electrons. The molecular formula is C15H23FN2O. The summed E-state index contributed by atoms with van der Waals surface area (Å²) in [7, 11) is 1.72. The van der Waals surface area contributed by atoms with Crippen molar-refractivity contribution in [2.45, 2.75) is 32.4 Å². The molecule has 3 nitrogen and oxygen atoms in total. The maximum Gasteiger partial charge on any atom is 0.146 e. The molecule has 1 aliphatic heterocycles. The van der Waals surface area contributed by atoms with Crippen molar-refractivity contribution in [2.24, 2.45) is 11.7 Å². The van der Waals surface area contributed by atoms with Crippen molar-refractivity contribution in [3.05, 3.63) is 29.6 Å². The van der Waals surface area contributed by atoms with Gasteiger partial charge in [0.1, 0.15) is 5.82 Å². The number of anilines is 1. The second kappa shape index (κ2) is 5.88. The van der Waals surface area contributed by atoms with Crippen molar-refractivity contribution in [1.82, 2.24) is 0 Å². The van der Waals surface area contributed by atoms with Crippen LogP contribution in [0.5, 0.6) is 0 Å². The lowest BCUT2D eigenvalue weighted by Gasteiger charge is -2.37. The molecule has 1 heterocycles. The summed E-state index contributed by atoms with van der Waals surface area (Å²) in [5.74, 6) is 0.326. The van der Waals surface area contributed by atoms with E-state index in [1.165, 1.54) is 0 Å². The molecule has 19 heavy (non-hydrogen) atoms. The van der Waals surface area contributed by atoms with Crippen LogP contribution in [0.1, 0.15) is 31.9 Å². The second-order valence-electron chi connectivity index (χ2n) is 5.49. The Kier molecular flexibility index (Phi) is 4.42. The van der Waals surface area contributed by atoms with Gasteiger partial charge in [-0.2, -0.15) is 0 Å². The number of piperidine rings is 1. The van der Waals surface area contributed by atoms with E-state index in [2.05, 4.69) is 11.8 Å². The maximum absolute atomic E-state index is 14.2. The van der Waals surface area contributed by atoms with Crippen molar-refractivity contribution < 1.29 is 9.13 Å². The summed E-state index contributed by atoms with van der Waals surface area (Å²) in [5.41, 5.74) is 7.25. The quantitative estimate of drug-likeness (QED) is 0.914. The van der Waals surface area contributed by atoms with E-state index >= 15 is 0 Å². The number of halogens is 1. The van der Waals surface area contributed by atoms with Crippen LogP contribution in [0.25, 0.3) is 0 Å². The Bertz CT molecular complexity index is 436. The Labute approximate surface area is 114 Å². The van der Waals surface area contributed by atoms with Crippen molar-refractivity contribution >= 4 is 5.69 Å². The first-order valence-electron chi connectivity index (χ1n) is 6.85.